The van der Waals surface area contributed by atoms with Crippen LogP contribution in [0.5, 0.6) is 0 Å². The molecular formula is C14H14F3NO. The number of benzene rings is 1. The Hall–Kier alpha value is -1.52. The molecule has 5 heteroatoms. The van der Waals surface area contributed by atoms with Gasteiger partial charge in [0.2, 0.25) is 5.91 Å². The molecule has 1 aromatic carbocycles. The lowest BCUT2D eigenvalue weighted by Gasteiger charge is -2.23. The standard InChI is InChI=1S/C14H14F3NO/c15-9-7-10(16)12(11(17)8-9)14(3-4-14)13(19)18-5-1-2-6-18/h7-8H,1-6H2. The number of hydrogen-bond donors (Lipinski definition) is 0. The average molecular weight is 269 g/mol. The molecule has 1 heterocycles. The van der Waals surface area contributed by atoms with E-state index in [4.69, 9.17) is 0 Å². The van der Waals surface area contributed by atoms with Crippen molar-refractivity contribution >= 4 is 5.91 Å². The van der Waals surface area contributed by atoms with E-state index in [0.717, 1.165) is 12.8 Å². The molecule has 0 atom stereocenters. The summed E-state index contributed by atoms with van der Waals surface area (Å²) in [5.41, 5.74) is -1.35. The second-order valence-corrected chi connectivity index (χ2v) is 5.33. The van der Waals surface area contributed by atoms with Crippen LogP contribution >= 0.6 is 0 Å². The van der Waals surface area contributed by atoms with E-state index in [2.05, 4.69) is 0 Å². The highest BCUT2D eigenvalue weighted by Crippen LogP contribution is 2.51. The summed E-state index contributed by atoms with van der Waals surface area (Å²) in [6.45, 7) is 1.29. The Kier molecular flexibility index (Phi) is 2.80. The van der Waals surface area contributed by atoms with Gasteiger partial charge < -0.3 is 4.90 Å². The van der Waals surface area contributed by atoms with E-state index in [1.807, 2.05) is 0 Å². The van der Waals surface area contributed by atoms with Gasteiger partial charge in [-0.15, -0.1) is 0 Å². The highest BCUT2D eigenvalue weighted by atomic mass is 19.1. The summed E-state index contributed by atoms with van der Waals surface area (Å²) < 4.78 is 40.6. The van der Waals surface area contributed by atoms with Gasteiger partial charge in [-0.3, -0.25) is 4.79 Å². The summed E-state index contributed by atoms with van der Waals surface area (Å²) >= 11 is 0. The first-order valence-electron chi connectivity index (χ1n) is 6.49. The lowest BCUT2D eigenvalue weighted by atomic mass is 9.93. The molecule has 2 aliphatic rings. The zero-order chi connectivity index (χ0) is 13.6. The van der Waals surface area contributed by atoms with Gasteiger partial charge in [0.25, 0.3) is 0 Å². The Balaban J connectivity index is 1.99. The molecule has 1 aliphatic heterocycles. The van der Waals surface area contributed by atoms with Gasteiger partial charge in [-0.2, -0.15) is 0 Å². The van der Waals surface area contributed by atoms with Crippen LogP contribution < -0.4 is 0 Å². The molecule has 1 saturated carbocycles. The highest BCUT2D eigenvalue weighted by molar-refractivity contribution is 5.91. The first-order chi connectivity index (χ1) is 9.04. The summed E-state index contributed by atoms with van der Waals surface area (Å²) in [6.07, 6.45) is 2.72. The van der Waals surface area contributed by atoms with Crippen molar-refractivity contribution in [3.8, 4) is 0 Å². The monoisotopic (exact) mass is 269 g/mol. The Morgan fingerprint density at radius 3 is 2.05 bits per heavy atom. The third-order valence-electron chi connectivity index (χ3n) is 4.04. The van der Waals surface area contributed by atoms with Gasteiger partial charge in [-0.25, -0.2) is 13.2 Å². The molecule has 19 heavy (non-hydrogen) atoms. The number of hydrogen-bond acceptors (Lipinski definition) is 1. The molecule has 3 rings (SSSR count). The Morgan fingerprint density at radius 1 is 1.05 bits per heavy atom. The van der Waals surface area contributed by atoms with E-state index in [1.165, 1.54) is 0 Å². The van der Waals surface area contributed by atoms with Gasteiger partial charge in [-0.1, -0.05) is 0 Å². The van der Waals surface area contributed by atoms with Crippen LogP contribution in [0, 0.1) is 17.5 Å². The maximum Gasteiger partial charge on any atom is 0.233 e. The van der Waals surface area contributed by atoms with Crippen molar-refractivity contribution in [2.45, 2.75) is 31.1 Å². The summed E-state index contributed by atoms with van der Waals surface area (Å²) in [5.74, 6) is -3.08. The van der Waals surface area contributed by atoms with Crippen LogP contribution in [0.3, 0.4) is 0 Å². The molecule has 2 fully saturated rings. The first-order valence-corrected chi connectivity index (χ1v) is 6.49. The van der Waals surface area contributed by atoms with Crippen molar-refractivity contribution in [3.05, 3.63) is 35.1 Å². The smallest absolute Gasteiger partial charge is 0.233 e. The predicted octanol–water partition coefficient (Wildman–Crippen LogP) is 2.76. The summed E-state index contributed by atoms with van der Waals surface area (Å²) in [7, 11) is 0. The third kappa shape index (κ3) is 1.91. The second kappa shape index (κ2) is 4.25. The highest BCUT2D eigenvalue weighted by Gasteiger charge is 2.56. The van der Waals surface area contributed by atoms with Gasteiger partial charge in [0.15, 0.2) is 0 Å². The number of halogens is 3. The van der Waals surface area contributed by atoms with Crippen LogP contribution in [-0.4, -0.2) is 23.9 Å². The van der Waals surface area contributed by atoms with Gasteiger partial charge in [0.05, 0.1) is 5.41 Å². The van der Waals surface area contributed by atoms with E-state index < -0.39 is 22.9 Å². The van der Waals surface area contributed by atoms with Crippen molar-refractivity contribution in [2.24, 2.45) is 0 Å². The zero-order valence-corrected chi connectivity index (χ0v) is 10.4. The molecular weight excluding hydrogens is 255 g/mol. The molecule has 0 spiro atoms. The van der Waals surface area contributed by atoms with Gasteiger partial charge in [-0.05, 0) is 25.7 Å². The normalized spacial score (nSPS) is 20.7. The van der Waals surface area contributed by atoms with E-state index in [0.29, 0.717) is 38.1 Å². The fourth-order valence-electron chi connectivity index (χ4n) is 2.92. The number of nitrogens with zero attached hydrogens (tertiary/aromatic N) is 1. The summed E-state index contributed by atoms with van der Waals surface area (Å²) in [4.78, 5) is 14.1. The maximum absolute atomic E-state index is 13.8. The summed E-state index contributed by atoms with van der Waals surface area (Å²) in [5, 5.41) is 0. The number of carbonyl (C=O) groups excluding carboxylic acids is 1. The molecule has 2 nitrogen and oxygen atoms in total. The van der Waals surface area contributed by atoms with Crippen LogP contribution in [0.15, 0.2) is 12.1 Å². The van der Waals surface area contributed by atoms with E-state index >= 15 is 0 Å². The third-order valence-corrected chi connectivity index (χ3v) is 4.04. The minimum Gasteiger partial charge on any atom is -0.342 e. The van der Waals surface area contributed by atoms with Crippen LogP contribution in [0.25, 0.3) is 0 Å². The van der Waals surface area contributed by atoms with Crippen molar-refractivity contribution in [2.75, 3.05) is 13.1 Å². The molecule has 1 aliphatic carbocycles. The minimum absolute atomic E-state index is 0.214. The molecule has 0 radical (unpaired) electrons. The number of carbonyl (C=O) groups is 1. The molecule has 1 amide bonds. The van der Waals surface area contributed by atoms with Crippen LogP contribution in [0.2, 0.25) is 0 Å². The quantitative estimate of drug-likeness (QED) is 0.808. The zero-order valence-electron chi connectivity index (χ0n) is 10.4. The SMILES string of the molecule is O=C(N1CCCC1)C1(c2c(F)cc(F)cc2F)CC1. The molecule has 0 aromatic heterocycles. The van der Waals surface area contributed by atoms with E-state index in [-0.39, 0.29) is 11.5 Å². The predicted molar refractivity (Wildman–Crippen MR) is 63.0 cm³/mol. The fraction of sp³-hybridized carbons (Fsp3) is 0.500. The van der Waals surface area contributed by atoms with Crippen molar-refractivity contribution < 1.29 is 18.0 Å². The lowest BCUT2D eigenvalue weighted by Crippen LogP contribution is -2.38. The molecule has 0 bridgehead atoms. The largest absolute Gasteiger partial charge is 0.342 e. The first kappa shape index (κ1) is 12.5. The van der Waals surface area contributed by atoms with Crippen molar-refractivity contribution in [1.82, 2.24) is 4.90 Å². The van der Waals surface area contributed by atoms with Crippen molar-refractivity contribution in [3.63, 3.8) is 0 Å². The molecule has 1 saturated heterocycles. The summed E-state index contributed by atoms with van der Waals surface area (Å²) in [6, 6.07) is 1.30. The second-order valence-electron chi connectivity index (χ2n) is 5.33. The maximum atomic E-state index is 13.8. The molecule has 0 unspecified atom stereocenters. The topological polar surface area (TPSA) is 20.3 Å². The van der Waals surface area contributed by atoms with Gasteiger partial charge in [0, 0.05) is 30.8 Å². The molecule has 1 aromatic rings. The van der Waals surface area contributed by atoms with E-state index in [9.17, 15) is 18.0 Å². The number of amides is 1. The lowest BCUT2D eigenvalue weighted by molar-refractivity contribution is -0.133. The van der Waals surface area contributed by atoms with E-state index in [1.54, 1.807) is 4.90 Å². The minimum atomic E-state index is -1.09. The van der Waals surface area contributed by atoms with Gasteiger partial charge in [0.1, 0.15) is 17.5 Å². The average Bonchev–Trinajstić information content (AvgIpc) is 2.93. The van der Waals surface area contributed by atoms with Gasteiger partial charge >= 0.3 is 0 Å². The van der Waals surface area contributed by atoms with Crippen LogP contribution in [0.4, 0.5) is 13.2 Å². The number of likely N-dealkylation sites (tertiary alicyclic amines) is 1. The Morgan fingerprint density at radius 2 is 1.58 bits per heavy atom. The fourth-order valence-corrected chi connectivity index (χ4v) is 2.92. The van der Waals surface area contributed by atoms with Crippen LogP contribution in [0.1, 0.15) is 31.2 Å². The Bertz CT molecular complexity index is 510. The molecule has 0 N–H and O–H groups in total. The molecule has 102 valence electrons. The van der Waals surface area contributed by atoms with Crippen molar-refractivity contribution in [1.29, 1.82) is 0 Å². The number of rotatable bonds is 2. The Labute approximate surface area is 109 Å². The van der Waals surface area contributed by atoms with Crippen LogP contribution in [-0.2, 0) is 10.2 Å².